The van der Waals surface area contributed by atoms with E-state index in [0.29, 0.717) is 11.7 Å². The Kier molecular flexibility index (Phi) is 3.39. The highest BCUT2D eigenvalue weighted by molar-refractivity contribution is 5.73. The normalized spacial score (nSPS) is 16.1. The third-order valence-corrected chi connectivity index (χ3v) is 3.79. The predicted octanol–water partition coefficient (Wildman–Crippen LogP) is 2.54. The zero-order chi connectivity index (χ0) is 15.8. The summed E-state index contributed by atoms with van der Waals surface area (Å²) in [6, 6.07) is 9.97. The number of carbonyl (C=O) groups is 1. The predicted molar refractivity (Wildman–Crippen MR) is 82.1 cm³/mol. The van der Waals surface area contributed by atoms with E-state index in [4.69, 9.17) is 4.52 Å². The molecule has 116 valence electrons. The molecule has 0 bridgehead atoms. The number of hydrogen-bond donors (Lipinski definition) is 2. The van der Waals surface area contributed by atoms with Crippen molar-refractivity contribution in [3.63, 3.8) is 0 Å². The molecule has 0 saturated heterocycles. The molecule has 1 aliphatic rings. The van der Waals surface area contributed by atoms with Gasteiger partial charge in [0, 0.05) is 12.6 Å². The van der Waals surface area contributed by atoms with Crippen molar-refractivity contribution in [1.29, 1.82) is 0 Å². The summed E-state index contributed by atoms with van der Waals surface area (Å²) < 4.78 is 5.46. The third-order valence-electron chi connectivity index (χ3n) is 3.79. The Morgan fingerprint density at radius 2 is 1.95 bits per heavy atom. The van der Waals surface area contributed by atoms with Crippen molar-refractivity contribution in [3.8, 4) is 0 Å². The molecule has 1 aromatic carbocycles. The molecular formula is C16H20N4O2. The van der Waals surface area contributed by atoms with Crippen LogP contribution in [0.4, 0.5) is 5.69 Å². The summed E-state index contributed by atoms with van der Waals surface area (Å²) in [7, 11) is 0. The van der Waals surface area contributed by atoms with Crippen molar-refractivity contribution < 1.29 is 9.32 Å². The fraction of sp³-hybridized carbons (Fsp3) is 0.438. The second-order valence-electron chi connectivity index (χ2n) is 6.30. The maximum Gasteiger partial charge on any atom is 0.252 e. The molecular weight excluding hydrogens is 280 g/mol. The first-order valence-corrected chi connectivity index (χ1v) is 7.38. The van der Waals surface area contributed by atoms with Gasteiger partial charge in [0.1, 0.15) is 5.54 Å². The summed E-state index contributed by atoms with van der Waals surface area (Å²) in [6.07, 6.45) is 1.90. The summed E-state index contributed by atoms with van der Waals surface area (Å²) in [5.74, 6) is 0.934. The van der Waals surface area contributed by atoms with Gasteiger partial charge >= 0.3 is 0 Å². The van der Waals surface area contributed by atoms with Crippen molar-refractivity contribution in [2.45, 2.75) is 44.7 Å². The van der Waals surface area contributed by atoms with E-state index < -0.39 is 5.54 Å². The van der Waals surface area contributed by atoms with Gasteiger partial charge in [-0.05, 0) is 38.8 Å². The van der Waals surface area contributed by atoms with Crippen LogP contribution in [0.1, 0.15) is 45.3 Å². The average molecular weight is 300 g/mol. The van der Waals surface area contributed by atoms with Gasteiger partial charge in [0.2, 0.25) is 5.91 Å². The monoisotopic (exact) mass is 300 g/mol. The summed E-state index contributed by atoms with van der Waals surface area (Å²) in [6.45, 7) is 5.18. The van der Waals surface area contributed by atoms with Crippen LogP contribution in [0, 0.1) is 0 Å². The van der Waals surface area contributed by atoms with Gasteiger partial charge in [-0.1, -0.05) is 23.4 Å². The van der Waals surface area contributed by atoms with Crippen LogP contribution in [-0.4, -0.2) is 16.0 Å². The minimum absolute atomic E-state index is 0.125. The van der Waals surface area contributed by atoms with E-state index >= 15 is 0 Å². The van der Waals surface area contributed by atoms with Crippen LogP contribution in [0.25, 0.3) is 0 Å². The minimum Gasteiger partial charge on any atom is -0.371 e. The largest absolute Gasteiger partial charge is 0.371 e. The van der Waals surface area contributed by atoms with Gasteiger partial charge in [-0.25, -0.2) is 0 Å². The van der Waals surface area contributed by atoms with Crippen molar-refractivity contribution in [1.82, 2.24) is 15.5 Å². The number of carbonyl (C=O) groups excluding carboxylic acids is 1. The van der Waals surface area contributed by atoms with Crippen LogP contribution < -0.4 is 10.6 Å². The molecule has 2 N–H and O–H groups in total. The molecule has 0 atom stereocenters. The van der Waals surface area contributed by atoms with E-state index in [-0.39, 0.29) is 11.4 Å². The number of benzene rings is 1. The fourth-order valence-electron chi connectivity index (χ4n) is 2.48. The molecule has 1 heterocycles. The quantitative estimate of drug-likeness (QED) is 0.887. The van der Waals surface area contributed by atoms with Gasteiger partial charge in [0.15, 0.2) is 5.82 Å². The smallest absolute Gasteiger partial charge is 0.252 e. The first-order chi connectivity index (χ1) is 10.4. The number of anilines is 1. The zero-order valence-electron chi connectivity index (χ0n) is 13.0. The highest BCUT2D eigenvalue weighted by Gasteiger charge is 2.50. The second-order valence-corrected chi connectivity index (χ2v) is 6.30. The van der Waals surface area contributed by atoms with Crippen molar-refractivity contribution >= 4 is 11.6 Å². The van der Waals surface area contributed by atoms with E-state index in [9.17, 15) is 4.79 Å². The highest BCUT2D eigenvalue weighted by atomic mass is 16.5. The topological polar surface area (TPSA) is 80.0 Å². The van der Waals surface area contributed by atoms with Gasteiger partial charge in [-0.2, -0.15) is 4.98 Å². The van der Waals surface area contributed by atoms with E-state index in [2.05, 4.69) is 20.8 Å². The van der Waals surface area contributed by atoms with E-state index in [1.165, 1.54) is 6.92 Å². The number of hydrogen-bond acceptors (Lipinski definition) is 5. The van der Waals surface area contributed by atoms with Crippen LogP contribution in [0.5, 0.6) is 0 Å². The lowest BCUT2D eigenvalue weighted by atomic mass is 10.1. The lowest BCUT2D eigenvalue weighted by molar-refractivity contribution is -0.120. The number of para-hydroxylation sites is 1. The Bertz CT molecular complexity index is 674. The fourth-order valence-corrected chi connectivity index (χ4v) is 2.48. The molecule has 1 saturated carbocycles. The standard InChI is InChI=1S/C16H20N4O2/c1-11(21)18-15(2,3)13-17-14(22-20-13)16(9-10-16)19-12-7-5-4-6-8-12/h4-8,19H,9-10H2,1-3H3,(H,18,21). The summed E-state index contributed by atoms with van der Waals surface area (Å²) >= 11 is 0. The Morgan fingerprint density at radius 3 is 2.55 bits per heavy atom. The third kappa shape index (κ3) is 2.81. The van der Waals surface area contributed by atoms with Crippen molar-refractivity contribution in [3.05, 3.63) is 42.0 Å². The van der Waals surface area contributed by atoms with Gasteiger partial charge in [0.05, 0.1) is 5.54 Å². The summed E-state index contributed by atoms with van der Waals surface area (Å²) in [5.41, 5.74) is 0.0934. The number of nitrogens with zero attached hydrogens (tertiary/aromatic N) is 2. The lowest BCUT2D eigenvalue weighted by Crippen LogP contribution is -2.40. The van der Waals surface area contributed by atoms with E-state index in [0.717, 1.165) is 18.5 Å². The minimum atomic E-state index is -0.656. The van der Waals surface area contributed by atoms with Gasteiger partial charge in [0.25, 0.3) is 5.89 Å². The zero-order valence-corrected chi connectivity index (χ0v) is 13.0. The molecule has 1 amide bonds. The first-order valence-electron chi connectivity index (χ1n) is 7.38. The van der Waals surface area contributed by atoms with E-state index in [1.54, 1.807) is 0 Å². The van der Waals surface area contributed by atoms with Crippen LogP contribution in [0.3, 0.4) is 0 Å². The van der Waals surface area contributed by atoms with Crippen LogP contribution in [0.2, 0.25) is 0 Å². The number of amides is 1. The average Bonchev–Trinajstić information content (AvgIpc) is 3.03. The molecule has 1 fully saturated rings. The Morgan fingerprint density at radius 1 is 1.27 bits per heavy atom. The van der Waals surface area contributed by atoms with Crippen LogP contribution in [-0.2, 0) is 15.9 Å². The number of rotatable bonds is 5. The Hall–Kier alpha value is -2.37. The molecule has 1 aliphatic carbocycles. The van der Waals surface area contributed by atoms with Crippen molar-refractivity contribution in [2.75, 3.05) is 5.32 Å². The molecule has 22 heavy (non-hydrogen) atoms. The first kappa shape index (κ1) is 14.6. The molecule has 0 aliphatic heterocycles. The second kappa shape index (κ2) is 5.12. The maximum atomic E-state index is 11.3. The van der Waals surface area contributed by atoms with Crippen LogP contribution in [0.15, 0.2) is 34.9 Å². The van der Waals surface area contributed by atoms with Gasteiger partial charge < -0.3 is 15.2 Å². The Balaban J connectivity index is 1.80. The molecule has 6 heteroatoms. The molecule has 0 radical (unpaired) electrons. The SMILES string of the molecule is CC(=O)NC(C)(C)c1noc(C2(Nc3ccccc3)CC2)n1. The Labute approximate surface area is 129 Å². The van der Waals surface area contributed by atoms with Crippen molar-refractivity contribution in [2.24, 2.45) is 0 Å². The molecule has 0 spiro atoms. The lowest BCUT2D eigenvalue weighted by Gasteiger charge is -2.21. The summed E-state index contributed by atoms with van der Waals surface area (Å²) in [5, 5.41) is 10.3. The van der Waals surface area contributed by atoms with Gasteiger partial charge in [-0.3, -0.25) is 4.79 Å². The molecule has 1 aromatic heterocycles. The maximum absolute atomic E-state index is 11.3. The summed E-state index contributed by atoms with van der Waals surface area (Å²) in [4.78, 5) is 15.8. The molecule has 3 rings (SSSR count). The van der Waals surface area contributed by atoms with Gasteiger partial charge in [-0.15, -0.1) is 0 Å². The highest BCUT2D eigenvalue weighted by Crippen LogP contribution is 2.47. The number of nitrogens with one attached hydrogen (secondary N) is 2. The number of aromatic nitrogens is 2. The molecule has 6 nitrogen and oxygen atoms in total. The molecule has 2 aromatic rings. The van der Waals surface area contributed by atoms with Crippen LogP contribution >= 0.6 is 0 Å². The molecule has 0 unspecified atom stereocenters. The van der Waals surface area contributed by atoms with E-state index in [1.807, 2.05) is 44.2 Å².